The molecule has 0 saturated carbocycles. The van der Waals surface area contributed by atoms with Crippen molar-refractivity contribution in [3.63, 3.8) is 0 Å². The number of hydrogen-bond donors (Lipinski definition) is 0. The van der Waals surface area contributed by atoms with Gasteiger partial charge >= 0.3 is 0 Å². The first kappa shape index (κ1) is 14.4. The van der Waals surface area contributed by atoms with Gasteiger partial charge in [-0.1, -0.05) is 12.1 Å². The molecular weight excluding hydrogens is 288 g/mol. The number of aryl methyl sites for hydroxylation is 1. The van der Waals surface area contributed by atoms with Crippen LogP contribution in [-0.2, 0) is 14.8 Å². The van der Waals surface area contributed by atoms with Crippen LogP contribution in [0.5, 0.6) is 0 Å². The van der Waals surface area contributed by atoms with Gasteiger partial charge in [0.15, 0.2) is 0 Å². The lowest BCUT2D eigenvalue weighted by Gasteiger charge is -2.32. The van der Waals surface area contributed by atoms with Crippen molar-refractivity contribution >= 4 is 20.9 Å². The summed E-state index contributed by atoms with van der Waals surface area (Å²) < 4.78 is 32.7. The molecule has 5 nitrogen and oxygen atoms in total. The number of pyridine rings is 1. The second-order valence-electron chi connectivity index (χ2n) is 5.38. The zero-order valence-electron chi connectivity index (χ0n) is 12.1. The molecule has 0 spiro atoms. The summed E-state index contributed by atoms with van der Waals surface area (Å²) in [5.41, 5.74) is 1.54. The third-order valence-electron chi connectivity index (χ3n) is 3.70. The van der Waals surface area contributed by atoms with Gasteiger partial charge in [0.05, 0.1) is 18.7 Å². The Labute approximate surface area is 124 Å². The smallest absolute Gasteiger partial charge is 0.245 e. The standard InChI is InChI=1S/C15H18N2O3S/c1-11-8-13-4-3-5-14(15(13)16-9-11)21(18,19)17-6-7-20-10-12(17)2/h3-5,8-9,12H,6-7,10H2,1-2H3/t12-/m0/s1. The molecule has 1 saturated heterocycles. The molecule has 1 aromatic heterocycles. The van der Waals surface area contributed by atoms with Gasteiger partial charge in [0.1, 0.15) is 4.90 Å². The van der Waals surface area contributed by atoms with Crippen LogP contribution >= 0.6 is 0 Å². The molecule has 0 N–H and O–H groups in total. The van der Waals surface area contributed by atoms with Crippen molar-refractivity contribution in [1.82, 2.24) is 9.29 Å². The van der Waals surface area contributed by atoms with E-state index in [4.69, 9.17) is 4.74 Å². The fourth-order valence-corrected chi connectivity index (χ4v) is 4.41. The molecule has 1 fully saturated rings. The highest BCUT2D eigenvalue weighted by molar-refractivity contribution is 7.89. The number of hydrogen-bond acceptors (Lipinski definition) is 4. The van der Waals surface area contributed by atoms with Crippen LogP contribution in [0, 0.1) is 6.92 Å². The molecule has 2 heterocycles. The highest BCUT2D eigenvalue weighted by Gasteiger charge is 2.32. The summed E-state index contributed by atoms with van der Waals surface area (Å²) in [6.07, 6.45) is 1.70. The first-order valence-electron chi connectivity index (χ1n) is 6.95. The molecular formula is C15H18N2O3S. The molecule has 3 rings (SSSR count). The number of ether oxygens (including phenoxy) is 1. The van der Waals surface area contributed by atoms with Crippen LogP contribution in [0.4, 0.5) is 0 Å². The van der Waals surface area contributed by atoms with Crippen LogP contribution in [0.25, 0.3) is 10.9 Å². The maximum Gasteiger partial charge on any atom is 0.245 e. The molecule has 2 aromatic rings. The van der Waals surface area contributed by atoms with Gasteiger partial charge in [0.25, 0.3) is 0 Å². The van der Waals surface area contributed by atoms with Gasteiger partial charge in [-0.05, 0) is 31.5 Å². The average molecular weight is 306 g/mol. The second-order valence-corrected chi connectivity index (χ2v) is 7.24. The number of fused-ring (bicyclic) bond motifs is 1. The summed E-state index contributed by atoms with van der Waals surface area (Å²) in [6.45, 7) is 5.04. The van der Waals surface area contributed by atoms with Crippen molar-refractivity contribution in [1.29, 1.82) is 0 Å². The van der Waals surface area contributed by atoms with E-state index in [0.717, 1.165) is 10.9 Å². The molecule has 0 radical (unpaired) electrons. The van der Waals surface area contributed by atoms with Crippen LogP contribution in [0.1, 0.15) is 12.5 Å². The van der Waals surface area contributed by atoms with Crippen LogP contribution < -0.4 is 0 Å². The molecule has 0 aliphatic carbocycles. The molecule has 112 valence electrons. The molecule has 1 aliphatic heterocycles. The summed E-state index contributed by atoms with van der Waals surface area (Å²) in [6, 6.07) is 7.06. The van der Waals surface area contributed by atoms with Crippen molar-refractivity contribution in [2.45, 2.75) is 24.8 Å². The van der Waals surface area contributed by atoms with Crippen LogP contribution in [0.3, 0.4) is 0 Å². The molecule has 0 bridgehead atoms. The lowest BCUT2D eigenvalue weighted by molar-refractivity contribution is 0.0393. The van der Waals surface area contributed by atoms with Crippen molar-refractivity contribution in [2.24, 2.45) is 0 Å². The third kappa shape index (κ3) is 2.54. The fourth-order valence-electron chi connectivity index (χ4n) is 2.65. The Bertz CT molecular complexity index is 774. The van der Waals surface area contributed by atoms with E-state index in [1.807, 2.05) is 26.0 Å². The molecule has 1 aromatic carbocycles. The second kappa shape index (κ2) is 5.36. The summed E-state index contributed by atoms with van der Waals surface area (Å²) in [4.78, 5) is 4.60. The van der Waals surface area contributed by atoms with Crippen LogP contribution in [-0.4, -0.2) is 43.5 Å². The third-order valence-corrected chi connectivity index (χ3v) is 5.75. The predicted molar refractivity (Wildman–Crippen MR) is 80.7 cm³/mol. The van der Waals surface area contributed by atoms with Crippen molar-refractivity contribution in [3.8, 4) is 0 Å². The van der Waals surface area contributed by atoms with Gasteiger partial charge < -0.3 is 4.74 Å². The number of morpholine rings is 1. The SMILES string of the molecule is Cc1cnc2c(S(=O)(=O)N3CCOC[C@@H]3C)cccc2c1. The minimum Gasteiger partial charge on any atom is -0.378 e. The van der Waals surface area contributed by atoms with Gasteiger partial charge in [0.2, 0.25) is 10.0 Å². The Morgan fingerprint density at radius 2 is 2.19 bits per heavy atom. The molecule has 1 aliphatic rings. The van der Waals surface area contributed by atoms with Crippen LogP contribution in [0.15, 0.2) is 35.4 Å². The Hall–Kier alpha value is -1.50. The summed E-state index contributed by atoms with van der Waals surface area (Å²) in [5, 5.41) is 0.844. The topological polar surface area (TPSA) is 59.5 Å². The molecule has 21 heavy (non-hydrogen) atoms. The molecule has 0 unspecified atom stereocenters. The van der Waals surface area contributed by atoms with E-state index in [-0.39, 0.29) is 10.9 Å². The minimum absolute atomic E-state index is 0.163. The van der Waals surface area contributed by atoms with Gasteiger partial charge in [-0.25, -0.2) is 8.42 Å². The van der Waals surface area contributed by atoms with E-state index >= 15 is 0 Å². The summed E-state index contributed by atoms with van der Waals surface area (Å²) >= 11 is 0. The quantitative estimate of drug-likeness (QED) is 0.851. The molecule has 1 atom stereocenters. The summed E-state index contributed by atoms with van der Waals surface area (Å²) in [7, 11) is -3.56. The molecule has 6 heteroatoms. The zero-order valence-corrected chi connectivity index (χ0v) is 12.9. The van der Waals surface area contributed by atoms with Gasteiger partial charge in [0, 0.05) is 24.2 Å². The predicted octanol–water partition coefficient (Wildman–Crippen LogP) is 1.95. The molecule has 0 amide bonds. The number of aromatic nitrogens is 1. The Balaban J connectivity index is 2.15. The maximum absolute atomic E-state index is 12.9. The van der Waals surface area contributed by atoms with E-state index in [1.165, 1.54) is 4.31 Å². The maximum atomic E-state index is 12.9. The van der Waals surface area contributed by atoms with E-state index < -0.39 is 10.0 Å². The highest BCUT2D eigenvalue weighted by atomic mass is 32.2. The average Bonchev–Trinajstić information content (AvgIpc) is 2.46. The van der Waals surface area contributed by atoms with Crippen molar-refractivity contribution in [2.75, 3.05) is 19.8 Å². The number of para-hydroxylation sites is 1. The van der Waals surface area contributed by atoms with Gasteiger partial charge in [-0.15, -0.1) is 0 Å². The number of benzene rings is 1. The Kier molecular flexibility index (Phi) is 3.69. The lowest BCUT2D eigenvalue weighted by Crippen LogP contribution is -2.47. The first-order chi connectivity index (χ1) is 10.00. The van der Waals surface area contributed by atoms with Crippen molar-refractivity contribution in [3.05, 3.63) is 36.0 Å². The van der Waals surface area contributed by atoms with E-state index in [0.29, 0.717) is 25.3 Å². The highest BCUT2D eigenvalue weighted by Crippen LogP contribution is 2.26. The Morgan fingerprint density at radius 3 is 2.95 bits per heavy atom. The normalized spacial score (nSPS) is 20.8. The monoisotopic (exact) mass is 306 g/mol. The van der Waals surface area contributed by atoms with Crippen LogP contribution in [0.2, 0.25) is 0 Å². The largest absolute Gasteiger partial charge is 0.378 e. The summed E-state index contributed by atoms with van der Waals surface area (Å²) in [5.74, 6) is 0. The number of nitrogens with zero attached hydrogens (tertiary/aromatic N) is 2. The van der Waals surface area contributed by atoms with Crippen molar-refractivity contribution < 1.29 is 13.2 Å². The van der Waals surface area contributed by atoms with E-state index in [1.54, 1.807) is 18.3 Å². The first-order valence-corrected chi connectivity index (χ1v) is 8.39. The fraction of sp³-hybridized carbons (Fsp3) is 0.400. The zero-order chi connectivity index (χ0) is 15.0. The minimum atomic E-state index is -3.56. The number of sulfonamides is 1. The number of rotatable bonds is 2. The Morgan fingerprint density at radius 1 is 1.38 bits per heavy atom. The van der Waals surface area contributed by atoms with E-state index in [9.17, 15) is 8.42 Å². The van der Waals surface area contributed by atoms with E-state index in [2.05, 4.69) is 4.98 Å². The lowest BCUT2D eigenvalue weighted by atomic mass is 10.2. The van der Waals surface area contributed by atoms with Gasteiger partial charge in [-0.3, -0.25) is 4.98 Å². The van der Waals surface area contributed by atoms with Gasteiger partial charge in [-0.2, -0.15) is 4.31 Å².